The van der Waals surface area contributed by atoms with E-state index in [0.717, 1.165) is 113 Å². The number of anilines is 8. The highest BCUT2D eigenvalue weighted by atomic mass is 32.2. The minimum Gasteiger partial charge on any atom is -0.450 e. The zero-order valence-electron chi connectivity index (χ0n) is 76.3. The number of carbonyl (C=O) groups excluding carboxylic acids is 5. The van der Waals surface area contributed by atoms with E-state index in [0.29, 0.717) is 115 Å². The van der Waals surface area contributed by atoms with Gasteiger partial charge in [0.2, 0.25) is 33.6 Å². The number of aryl methyl sites for hydroxylation is 6. The number of nitrogens with one attached hydrogen (secondary N) is 7. The highest BCUT2D eigenvalue weighted by Gasteiger charge is 2.60. The second kappa shape index (κ2) is 42.4. The molecule has 13 aromatic rings. The first-order chi connectivity index (χ1) is 65.7. The molecule has 6 aliphatic rings. The van der Waals surface area contributed by atoms with Gasteiger partial charge in [0, 0.05) is 166 Å². The summed E-state index contributed by atoms with van der Waals surface area (Å²) in [4.78, 5) is 115. The molecule has 0 unspecified atom stereocenters. The SMILES string of the molecule is CC(=O)Nc1cc(-c2cnc(C)c(N3CCCNS3(=O)=O)c2)ccn1.CC(=O)Nc1cc(-c2cncc(S(=O)(=O)N3CC(F)(F)C3)c2)ccn1.CCOC(=O)Nc1cc(-c2cnc(C)c(NS(=O)(=O)c3ccc(F)cc3F)c2)ccn1.Cc1ccc(Oc2cc(-c3ccnc(Nc4ccnc(C)n4)c3)cnc2C)nc1.Cc1ncc(-c2ccnc(NC(=O)C3CC3)c2)cc1C(=O)N(C)C12CC(C1)C2. The van der Waals surface area contributed by atoms with Crippen molar-refractivity contribution in [1.82, 2.24) is 78.7 Å². The summed E-state index contributed by atoms with van der Waals surface area (Å²) < 4.78 is 145. The van der Waals surface area contributed by atoms with Crippen LogP contribution in [0.4, 0.5) is 68.6 Å². The van der Waals surface area contributed by atoms with Crippen LogP contribution in [0.15, 0.2) is 218 Å². The number of hydrogen-bond donors (Lipinski definition) is 7. The summed E-state index contributed by atoms with van der Waals surface area (Å²) in [5.41, 5.74) is 12.3. The van der Waals surface area contributed by atoms with Crippen LogP contribution in [0, 0.1) is 65.0 Å². The Morgan fingerprint density at radius 2 is 1.07 bits per heavy atom. The molecule has 43 heteroatoms. The number of benzene rings is 1. The van der Waals surface area contributed by atoms with Crippen molar-refractivity contribution >= 4 is 106 Å². The molecule has 36 nitrogen and oxygen atoms in total. The zero-order chi connectivity index (χ0) is 98.5. The lowest BCUT2D eigenvalue weighted by atomic mass is 9.49. The lowest BCUT2D eigenvalue weighted by Crippen LogP contribution is -2.68. The van der Waals surface area contributed by atoms with Crippen LogP contribution in [0.5, 0.6) is 11.6 Å². The highest BCUT2D eigenvalue weighted by Crippen LogP contribution is 2.60. The Bertz CT molecular complexity index is 7140. The number of alkyl halides is 2. The summed E-state index contributed by atoms with van der Waals surface area (Å²) in [5.74, 6) is 0.203. The van der Waals surface area contributed by atoms with Crippen LogP contribution in [-0.4, -0.2) is 180 Å². The molecule has 4 saturated carbocycles. The first-order valence-electron chi connectivity index (χ1n) is 43.3. The molecule has 4 aliphatic carbocycles. The molecule has 0 radical (unpaired) electrons. The highest BCUT2D eigenvalue weighted by molar-refractivity contribution is 7.92. The molecular weight excluding hydrogens is 1840 g/mol. The molecule has 714 valence electrons. The molecule has 7 N–H and O–H groups in total. The summed E-state index contributed by atoms with van der Waals surface area (Å²) in [7, 11) is -9.99. The molecule has 0 spiro atoms. The van der Waals surface area contributed by atoms with Crippen molar-refractivity contribution in [1.29, 1.82) is 0 Å². The van der Waals surface area contributed by atoms with Gasteiger partial charge in [-0.15, -0.1) is 0 Å². The number of aromatic nitrogens is 13. The first kappa shape index (κ1) is 98.8. The minimum absolute atomic E-state index is 0.0303. The third kappa shape index (κ3) is 24.9. The van der Waals surface area contributed by atoms with Crippen LogP contribution in [0.3, 0.4) is 0 Å². The van der Waals surface area contributed by atoms with E-state index in [9.17, 15) is 66.8 Å². The van der Waals surface area contributed by atoms with Crippen molar-refractivity contribution < 1.29 is 76.3 Å². The maximum absolute atomic E-state index is 14.0. The molecule has 5 amide bonds. The van der Waals surface area contributed by atoms with Crippen molar-refractivity contribution in [2.24, 2.45) is 11.8 Å². The van der Waals surface area contributed by atoms with Gasteiger partial charge in [-0.25, -0.2) is 79.1 Å². The molecule has 0 atom stereocenters. The Morgan fingerprint density at radius 3 is 1.61 bits per heavy atom. The van der Waals surface area contributed by atoms with Gasteiger partial charge in [0.15, 0.2) is 5.75 Å². The van der Waals surface area contributed by atoms with E-state index in [-0.39, 0.29) is 58.1 Å². The van der Waals surface area contributed by atoms with E-state index in [2.05, 4.69) is 101 Å². The zero-order valence-corrected chi connectivity index (χ0v) is 78.7. The molecule has 14 heterocycles. The van der Waals surface area contributed by atoms with Crippen LogP contribution < -0.4 is 45.1 Å². The maximum Gasteiger partial charge on any atom is 0.412 e. The lowest BCUT2D eigenvalue weighted by molar-refractivity contribution is -0.117. The van der Waals surface area contributed by atoms with Gasteiger partial charge in [0.25, 0.3) is 21.9 Å². The van der Waals surface area contributed by atoms with Gasteiger partial charge in [0.1, 0.15) is 62.2 Å². The Balaban J connectivity index is 0.000000138. The predicted molar refractivity (Wildman–Crippen MR) is 508 cm³/mol. The van der Waals surface area contributed by atoms with Crippen LogP contribution in [0.25, 0.3) is 55.6 Å². The summed E-state index contributed by atoms with van der Waals surface area (Å²) in [6.45, 7) is 14.8. The van der Waals surface area contributed by atoms with Crippen LogP contribution >= 0.6 is 0 Å². The number of rotatable bonds is 23. The molecule has 2 bridgehead atoms. The van der Waals surface area contributed by atoms with Crippen molar-refractivity contribution in [2.45, 2.75) is 122 Å². The predicted octanol–water partition coefficient (Wildman–Crippen LogP) is 15.5. The number of amides is 5. The Hall–Kier alpha value is -15.2. The normalized spacial score (nSPS) is 15.8. The smallest absolute Gasteiger partial charge is 0.412 e. The summed E-state index contributed by atoms with van der Waals surface area (Å²) in [6, 6.07) is 33.8. The fraction of sp³-hybridized carbons (Fsp3) is 0.263. The standard InChI is InChI=1S/C22H20N6O.C22H24N4O2.C20H18F2N4O4S.C16H19N5O3S.C15H14F2N4O3S/c1-14-4-5-22(26-12-14)29-19-10-18(13-25-15(19)2)17-6-8-24-21(11-17)28-20-7-9-23-16(3)27-20;1-13-18(21(28)26(2)22-9-14(10-22)11-22)7-17(12-24-13)16-5-6-23-19(8-16)25-20(27)15-3-4-15;1-3-30-20(27)25-19-9-13(6-7-23-19)14-8-17(12(2)24-11-14)26-31(28,29)18-5-4-15(21)10-16(18)22;1-11-15(21-7-3-5-19-25(21,23)24)8-14(10-18-11)13-4-6-17-16(9-13)20-12(2)22;1-10(22)20-14-5-11(2-3-19-14)12-4-13(7-18-6-12)25(23,24)21-8-15(16,17)9-21/h4-13H,1-3H3,(H,23,24,27,28);5-8,12,14-15H,3-4,9-11H2,1-2H3,(H,23,25,27);4-11,26H,3H2,1-2H3,(H,23,25,27);4,6,8-10,19H,3,5,7H2,1-2H3,(H,17,20,22);2-7H,8-9H2,1H3,(H,19,20,22). The number of nitrogens with zero attached hydrogens (tertiary/aromatic N) is 16. The third-order valence-corrected chi connectivity index (χ3v) is 27.1. The quantitative estimate of drug-likeness (QED) is 0.0292. The third-order valence-electron chi connectivity index (χ3n) is 22.4. The second-order valence-electron chi connectivity index (χ2n) is 33.0. The molecule has 2 aliphatic heterocycles. The van der Waals surface area contributed by atoms with Crippen molar-refractivity contribution in [3.05, 3.63) is 259 Å². The molecular formula is C95H95F4N23O13S3. The largest absolute Gasteiger partial charge is 0.450 e. The molecule has 1 aromatic carbocycles. The van der Waals surface area contributed by atoms with Gasteiger partial charge in [-0.3, -0.25) is 58.4 Å². The van der Waals surface area contributed by atoms with E-state index in [1.807, 2.05) is 94.4 Å². The van der Waals surface area contributed by atoms with Crippen LogP contribution in [-0.2, 0) is 49.4 Å². The topological polar surface area (TPSA) is 468 Å². The number of hydrogen-bond acceptors (Lipinski definition) is 27. The van der Waals surface area contributed by atoms with Gasteiger partial charge in [-0.2, -0.15) is 17.4 Å². The molecule has 138 heavy (non-hydrogen) atoms. The summed E-state index contributed by atoms with van der Waals surface area (Å²) in [6.07, 6.45) is 26.1. The van der Waals surface area contributed by atoms with E-state index < -0.39 is 71.9 Å². The summed E-state index contributed by atoms with van der Waals surface area (Å²) >= 11 is 0. The number of halogens is 4. The Morgan fingerprint density at radius 1 is 0.543 bits per heavy atom. The average molecular weight is 1940 g/mol. The minimum atomic E-state index is -4.33. The maximum atomic E-state index is 14.0. The first-order valence-corrected chi connectivity index (χ1v) is 47.6. The number of sulfonamides is 2. The number of carbonyl (C=O) groups is 5. The second-order valence-corrected chi connectivity index (χ2v) is 38.2. The van der Waals surface area contributed by atoms with Gasteiger partial charge in [0.05, 0.1) is 59.4 Å². The van der Waals surface area contributed by atoms with Crippen molar-refractivity contribution in [2.75, 3.05) is 75.4 Å². The van der Waals surface area contributed by atoms with Crippen LogP contribution in [0.1, 0.15) is 104 Å². The fourth-order valence-electron chi connectivity index (χ4n) is 14.8. The van der Waals surface area contributed by atoms with E-state index in [1.54, 1.807) is 113 Å². The van der Waals surface area contributed by atoms with Gasteiger partial charge in [-0.05, 0) is 235 Å². The fourth-order valence-corrected chi connectivity index (χ4v) is 18.8. The lowest BCUT2D eigenvalue weighted by Gasteiger charge is -2.65. The van der Waals surface area contributed by atoms with Crippen molar-refractivity contribution in [3.63, 3.8) is 0 Å². The number of pyridine rings is 11. The number of ether oxygens (including phenoxy) is 2. The van der Waals surface area contributed by atoms with Gasteiger partial charge >= 0.3 is 16.3 Å². The van der Waals surface area contributed by atoms with E-state index in [4.69, 9.17) is 9.47 Å². The van der Waals surface area contributed by atoms with Gasteiger partial charge < -0.3 is 35.6 Å². The Kier molecular flexibility index (Phi) is 30.3. The summed E-state index contributed by atoms with van der Waals surface area (Å²) in [5, 5.41) is 13.7. The molecule has 12 aromatic heterocycles. The molecule has 2 saturated heterocycles. The molecule has 6 fully saturated rings. The van der Waals surface area contributed by atoms with Crippen LogP contribution in [0.2, 0.25) is 0 Å². The average Bonchev–Trinajstić information content (AvgIpc) is 0.895. The van der Waals surface area contributed by atoms with E-state index >= 15 is 0 Å². The Labute approximate surface area is 792 Å². The van der Waals surface area contributed by atoms with Gasteiger partial charge in [-0.1, -0.05) is 6.07 Å². The molecule has 19 rings (SSSR count). The van der Waals surface area contributed by atoms with Crippen molar-refractivity contribution in [3.8, 4) is 67.3 Å². The van der Waals surface area contributed by atoms with E-state index in [1.165, 1.54) is 55.1 Å². The monoisotopic (exact) mass is 1940 g/mol.